The van der Waals surface area contributed by atoms with E-state index in [-0.39, 0.29) is 0 Å². The molecule has 0 bridgehead atoms. The first kappa shape index (κ1) is 11.4. The van der Waals surface area contributed by atoms with E-state index in [2.05, 4.69) is 38.8 Å². The minimum absolute atomic E-state index is 0.656. The van der Waals surface area contributed by atoms with Crippen molar-refractivity contribution in [2.45, 2.75) is 19.8 Å². The van der Waals surface area contributed by atoms with Crippen LogP contribution in [0.3, 0.4) is 0 Å². The molecule has 16 heavy (non-hydrogen) atoms. The molecule has 1 fully saturated rings. The van der Waals surface area contributed by atoms with Gasteiger partial charge in [-0.1, -0.05) is 6.92 Å². The average Bonchev–Trinajstić information content (AvgIpc) is 2.30. The Morgan fingerprint density at radius 3 is 2.81 bits per heavy atom. The van der Waals surface area contributed by atoms with Gasteiger partial charge in [-0.25, -0.2) is 4.98 Å². The fourth-order valence-electron chi connectivity index (χ4n) is 1.99. The van der Waals surface area contributed by atoms with Crippen LogP contribution in [0.15, 0.2) is 16.7 Å². The lowest BCUT2D eigenvalue weighted by Crippen LogP contribution is -2.33. The predicted molar refractivity (Wildman–Crippen MR) is 67.3 cm³/mol. The van der Waals surface area contributed by atoms with Gasteiger partial charge in [0, 0.05) is 23.8 Å². The molecule has 84 valence electrons. The van der Waals surface area contributed by atoms with Gasteiger partial charge in [0.05, 0.1) is 5.56 Å². The first-order valence-electron chi connectivity index (χ1n) is 5.51. The fourth-order valence-corrected chi connectivity index (χ4v) is 2.32. The normalized spacial score (nSPS) is 17.2. The molecule has 0 spiro atoms. The van der Waals surface area contributed by atoms with E-state index in [0.717, 1.165) is 29.3 Å². The Morgan fingerprint density at radius 1 is 1.50 bits per heavy atom. The number of piperidine rings is 1. The third kappa shape index (κ3) is 2.35. The smallest absolute Gasteiger partial charge is 0.146 e. The van der Waals surface area contributed by atoms with E-state index < -0.39 is 0 Å². The van der Waals surface area contributed by atoms with Gasteiger partial charge in [0.1, 0.15) is 11.9 Å². The maximum atomic E-state index is 9.09. The summed E-state index contributed by atoms with van der Waals surface area (Å²) < 4.78 is 0.859. The highest BCUT2D eigenvalue weighted by atomic mass is 79.9. The van der Waals surface area contributed by atoms with E-state index in [0.29, 0.717) is 5.56 Å². The third-order valence-corrected chi connectivity index (χ3v) is 3.47. The van der Waals surface area contributed by atoms with Crippen LogP contribution in [0.25, 0.3) is 0 Å². The molecular weight excluding hydrogens is 266 g/mol. The van der Waals surface area contributed by atoms with Crippen molar-refractivity contribution in [1.82, 2.24) is 4.98 Å². The van der Waals surface area contributed by atoms with E-state index in [1.807, 2.05) is 6.07 Å². The Morgan fingerprint density at radius 2 is 2.19 bits per heavy atom. The highest BCUT2D eigenvalue weighted by molar-refractivity contribution is 9.10. The molecule has 1 aliphatic heterocycles. The number of anilines is 1. The molecule has 4 heteroatoms. The molecule has 3 nitrogen and oxygen atoms in total. The van der Waals surface area contributed by atoms with Gasteiger partial charge >= 0.3 is 0 Å². The Kier molecular flexibility index (Phi) is 3.45. The Labute approximate surface area is 104 Å². The largest absolute Gasteiger partial charge is 0.356 e. The highest BCUT2D eigenvalue weighted by Crippen LogP contribution is 2.25. The molecule has 2 rings (SSSR count). The van der Waals surface area contributed by atoms with Gasteiger partial charge < -0.3 is 4.90 Å². The molecule has 0 atom stereocenters. The van der Waals surface area contributed by atoms with E-state index in [4.69, 9.17) is 5.26 Å². The molecule has 0 amide bonds. The zero-order valence-electron chi connectivity index (χ0n) is 9.28. The summed E-state index contributed by atoms with van der Waals surface area (Å²) in [5, 5.41) is 9.09. The molecule has 0 unspecified atom stereocenters. The second kappa shape index (κ2) is 4.84. The number of pyridine rings is 1. The van der Waals surface area contributed by atoms with Crippen molar-refractivity contribution in [2.75, 3.05) is 18.0 Å². The molecule has 0 N–H and O–H groups in total. The summed E-state index contributed by atoms with van der Waals surface area (Å²) in [6.45, 7) is 4.28. The van der Waals surface area contributed by atoms with Crippen LogP contribution in [0.2, 0.25) is 0 Å². The molecule has 0 saturated carbocycles. The molecule has 0 aromatic carbocycles. The maximum Gasteiger partial charge on any atom is 0.146 e. The Balaban J connectivity index is 2.24. The second-order valence-electron chi connectivity index (χ2n) is 4.31. The first-order valence-corrected chi connectivity index (χ1v) is 6.30. The molecule has 2 heterocycles. The van der Waals surface area contributed by atoms with Crippen molar-refractivity contribution in [3.05, 3.63) is 22.3 Å². The Hall–Kier alpha value is -1.08. The molecule has 1 aromatic rings. The van der Waals surface area contributed by atoms with Crippen molar-refractivity contribution in [3.63, 3.8) is 0 Å². The van der Waals surface area contributed by atoms with Crippen LogP contribution >= 0.6 is 15.9 Å². The molecule has 1 saturated heterocycles. The van der Waals surface area contributed by atoms with Gasteiger partial charge in [0.25, 0.3) is 0 Å². The van der Waals surface area contributed by atoms with Gasteiger partial charge in [-0.2, -0.15) is 5.26 Å². The number of halogens is 1. The number of rotatable bonds is 1. The van der Waals surface area contributed by atoms with Gasteiger partial charge in [-0.15, -0.1) is 0 Å². The van der Waals surface area contributed by atoms with Crippen molar-refractivity contribution in [3.8, 4) is 6.07 Å². The number of aromatic nitrogens is 1. The zero-order valence-corrected chi connectivity index (χ0v) is 10.9. The van der Waals surface area contributed by atoms with Crippen LogP contribution in [0.1, 0.15) is 25.3 Å². The predicted octanol–water partition coefficient (Wildman–Crippen LogP) is 2.95. The fraction of sp³-hybridized carbons (Fsp3) is 0.500. The number of hydrogen-bond acceptors (Lipinski definition) is 3. The van der Waals surface area contributed by atoms with Crippen molar-refractivity contribution < 1.29 is 0 Å². The van der Waals surface area contributed by atoms with Crippen LogP contribution in [-0.2, 0) is 0 Å². The van der Waals surface area contributed by atoms with Crippen molar-refractivity contribution >= 4 is 21.7 Å². The standard InChI is InChI=1S/C12H14BrN3/c1-9-2-4-16(5-3-9)12-10(7-14)6-11(13)8-15-12/h6,8-9H,2-5H2,1H3. The lowest BCUT2D eigenvalue weighted by atomic mass is 9.99. The van der Waals surface area contributed by atoms with Gasteiger partial charge in [-0.05, 0) is 40.8 Å². The van der Waals surface area contributed by atoms with Gasteiger partial charge in [-0.3, -0.25) is 0 Å². The number of nitriles is 1. The minimum atomic E-state index is 0.656. The maximum absolute atomic E-state index is 9.09. The minimum Gasteiger partial charge on any atom is -0.356 e. The van der Waals surface area contributed by atoms with E-state index >= 15 is 0 Å². The van der Waals surface area contributed by atoms with E-state index in [9.17, 15) is 0 Å². The van der Waals surface area contributed by atoms with Gasteiger partial charge in [0.2, 0.25) is 0 Å². The topological polar surface area (TPSA) is 39.9 Å². The summed E-state index contributed by atoms with van der Waals surface area (Å²) >= 11 is 3.34. The first-order chi connectivity index (χ1) is 7.70. The van der Waals surface area contributed by atoms with Crippen LogP contribution in [-0.4, -0.2) is 18.1 Å². The average molecular weight is 280 g/mol. The lowest BCUT2D eigenvalue weighted by molar-refractivity contribution is 0.436. The van der Waals surface area contributed by atoms with Crippen LogP contribution in [0.5, 0.6) is 0 Å². The summed E-state index contributed by atoms with van der Waals surface area (Å²) in [5.41, 5.74) is 0.656. The van der Waals surface area contributed by atoms with Crippen LogP contribution < -0.4 is 4.90 Å². The summed E-state index contributed by atoms with van der Waals surface area (Å²) in [6.07, 6.45) is 4.12. The monoisotopic (exact) mass is 279 g/mol. The second-order valence-corrected chi connectivity index (χ2v) is 5.22. The summed E-state index contributed by atoms with van der Waals surface area (Å²) in [4.78, 5) is 6.57. The molecule has 1 aromatic heterocycles. The lowest BCUT2D eigenvalue weighted by Gasteiger charge is -2.31. The molecule has 0 radical (unpaired) electrons. The Bertz CT molecular complexity index is 417. The summed E-state index contributed by atoms with van der Waals surface area (Å²) in [5.74, 6) is 1.62. The SMILES string of the molecule is CC1CCN(c2ncc(Br)cc2C#N)CC1. The summed E-state index contributed by atoms with van der Waals surface area (Å²) in [7, 11) is 0. The summed E-state index contributed by atoms with van der Waals surface area (Å²) in [6, 6.07) is 4.04. The van der Waals surface area contributed by atoms with Crippen LogP contribution in [0, 0.1) is 17.2 Å². The number of nitrogens with zero attached hydrogens (tertiary/aromatic N) is 3. The molecule has 1 aliphatic rings. The van der Waals surface area contributed by atoms with Gasteiger partial charge in [0.15, 0.2) is 0 Å². The van der Waals surface area contributed by atoms with Crippen LogP contribution in [0.4, 0.5) is 5.82 Å². The molecular formula is C12H14BrN3. The number of hydrogen-bond donors (Lipinski definition) is 0. The van der Waals surface area contributed by atoms with Crippen molar-refractivity contribution in [1.29, 1.82) is 5.26 Å². The van der Waals surface area contributed by atoms with E-state index in [1.54, 1.807) is 6.20 Å². The molecule has 0 aliphatic carbocycles. The van der Waals surface area contributed by atoms with E-state index in [1.165, 1.54) is 12.8 Å². The quantitative estimate of drug-likeness (QED) is 0.794. The third-order valence-electron chi connectivity index (χ3n) is 3.04. The highest BCUT2D eigenvalue weighted by Gasteiger charge is 2.19. The van der Waals surface area contributed by atoms with Crippen molar-refractivity contribution in [2.24, 2.45) is 5.92 Å². The zero-order chi connectivity index (χ0) is 11.5.